The van der Waals surface area contributed by atoms with E-state index in [0.717, 1.165) is 61.3 Å². The molecule has 222 valence electrons. The maximum Gasteiger partial charge on any atom is 0.389 e. The Morgan fingerprint density at radius 3 is 2.45 bits per heavy atom. The third kappa shape index (κ3) is 8.02. The van der Waals surface area contributed by atoms with Gasteiger partial charge in [0.1, 0.15) is 29.8 Å². The summed E-state index contributed by atoms with van der Waals surface area (Å²) >= 11 is 1.61. The second kappa shape index (κ2) is 13.3. The van der Waals surface area contributed by atoms with E-state index in [1.54, 1.807) is 11.9 Å². The smallest absolute Gasteiger partial charge is 0.389 e. The highest BCUT2D eigenvalue weighted by Crippen LogP contribution is 2.38. The van der Waals surface area contributed by atoms with Crippen molar-refractivity contribution in [3.8, 4) is 5.75 Å². The van der Waals surface area contributed by atoms with Gasteiger partial charge in [0.2, 0.25) is 0 Å². The van der Waals surface area contributed by atoms with Gasteiger partial charge in [-0.3, -0.25) is 9.79 Å². The van der Waals surface area contributed by atoms with Crippen LogP contribution in [0.2, 0.25) is 0 Å². The average molecular weight is 584 g/mol. The number of amidine groups is 1. The van der Waals surface area contributed by atoms with Crippen molar-refractivity contribution in [1.82, 2.24) is 9.62 Å². The Balaban J connectivity index is 1.26. The summed E-state index contributed by atoms with van der Waals surface area (Å²) in [4.78, 5) is 17.9. The number of hydrogen-bond donors (Lipinski definition) is 3. The highest BCUT2D eigenvalue weighted by molar-refractivity contribution is 8.00. The van der Waals surface area contributed by atoms with Crippen LogP contribution >= 0.6 is 11.9 Å². The number of aliphatic hydroxyl groups is 2. The van der Waals surface area contributed by atoms with Gasteiger partial charge in [0.05, 0.1) is 6.61 Å². The monoisotopic (exact) mass is 583 g/mol. The lowest BCUT2D eigenvalue weighted by Gasteiger charge is -2.34. The number of halogens is 3. The second-order valence-corrected chi connectivity index (χ2v) is 12.3. The van der Waals surface area contributed by atoms with Crippen molar-refractivity contribution in [3.05, 3.63) is 34.2 Å². The normalized spacial score (nSPS) is 24.4. The lowest BCUT2D eigenvalue weighted by Crippen LogP contribution is -2.47. The van der Waals surface area contributed by atoms with Crippen molar-refractivity contribution in [2.75, 3.05) is 26.3 Å². The van der Waals surface area contributed by atoms with Crippen LogP contribution in [0.15, 0.2) is 22.5 Å². The van der Waals surface area contributed by atoms with Crippen LogP contribution < -0.4 is 10.1 Å². The van der Waals surface area contributed by atoms with Crippen molar-refractivity contribution in [1.29, 1.82) is 0 Å². The van der Waals surface area contributed by atoms with Gasteiger partial charge < -0.3 is 20.3 Å². The molecule has 1 aromatic carbocycles. The summed E-state index contributed by atoms with van der Waals surface area (Å²) < 4.78 is 45.5. The fourth-order valence-corrected chi connectivity index (χ4v) is 6.60. The SMILES string of the molecule is Cc1cc(OCC(O)CO)cc(C)c1/C=C/SN1CCC2(CC1)N=C(C1CCC(CCC(F)(F)F)CC1)NC2=O. The molecule has 1 amide bonds. The number of ether oxygens (including phenoxy) is 1. The fraction of sp³-hybridized carbons (Fsp3) is 0.655. The zero-order valence-electron chi connectivity index (χ0n) is 23.2. The maximum atomic E-state index is 13.0. The number of aliphatic hydroxyl groups excluding tert-OH is 2. The van der Waals surface area contributed by atoms with Crippen molar-refractivity contribution in [2.45, 2.75) is 83.0 Å². The summed E-state index contributed by atoms with van der Waals surface area (Å²) in [5.74, 6) is 1.58. The molecule has 7 nitrogen and oxygen atoms in total. The van der Waals surface area contributed by atoms with E-state index in [0.29, 0.717) is 18.6 Å². The molecule has 2 fully saturated rings. The first-order valence-corrected chi connectivity index (χ1v) is 14.9. The van der Waals surface area contributed by atoms with Gasteiger partial charge in [-0.1, -0.05) is 11.9 Å². The molecule has 3 aliphatic rings. The molecule has 1 aromatic rings. The summed E-state index contributed by atoms with van der Waals surface area (Å²) in [5.41, 5.74) is 2.45. The van der Waals surface area contributed by atoms with Crippen LogP contribution in [0, 0.1) is 25.7 Å². The molecule has 1 saturated carbocycles. The molecule has 1 spiro atoms. The van der Waals surface area contributed by atoms with Crippen LogP contribution in [-0.4, -0.2) is 70.4 Å². The second-order valence-electron chi connectivity index (χ2n) is 11.3. The Kier molecular flexibility index (Phi) is 10.2. The summed E-state index contributed by atoms with van der Waals surface area (Å²) in [6, 6.07) is 3.82. The molecule has 1 unspecified atom stereocenters. The van der Waals surface area contributed by atoms with Gasteiger partial charge in [-0.25, -0.2) is 4.31 Å². The molecule has 4 rings (SSSR count). The lowest BCUT2D eigenvalue weighted by molar-refractivity contribution is -0.138. The first kappa shape index (κ1) is 30.9. The Hall–Kier alpha value is -2.08. The van der Waals surface area contributed by atoms with Gasteiger partial charge in [-0.2, -0.15) is 13.2 Å². The zero-order valence-corrected chi connectivity index (χ0v) is 24.0. The van der Waals surface area contributed by atoms with E-state index in [2.05, 4.69) is 15.7 Å². The Morgan fingerprint density at radius 2 is 1.85 bits per heavy atom. The number of rotatable bonds is 10. The molecule has 1 atom stereocenters. The van der Waals surface area contributed by atoms with E-state index in [1.807, 2.05) is 31.4 Å². The minimum atomic E-state index is -4.10. The van der Waals surface area contributed by atoms with Gasteiger partial charge in [-0.05, 0) is 105 Å². The molecule has 0 bridgehead atoms. The van der Waals surface area contributed by atoms with Crippen molar-refractivity contribution in [2.24, 2.45) is 16.8 Å². The summed E-state index contributed by atoms with van der Waals surface area (Å²) in [7, 11) is 0. The topological polar surface area (TPSA) is 94.4 Å². The largest absolute Gasteiger partial charge is 0.491 e. The third-order valence-electron chi connectivity index (χ3n) is 8.28. The zero-order chi connectivity index (χ0) is 28.9. The third-order valence-corrected chi connectivity index (χ3v) is 9.20. The highest BCUT2D eigenvalue weighted by Gasteiger charge is 2.47. The van der Waals surface area contributed by atoms with E-state index < -0.39 is 24.2 Å². The van der Waals surface area contributed by atoms with Crippen LogP contribution in [0.3, 0.4) is 0 Å². The molecule has 40 heavy (non-hydrogen) atoms. The molecular weight excluding hydrogens is 543 g/mol. The average Bonchev–Trinajstić information content (AvgIpc) is 3.23. The predicted molar refractivity (Wildman–Crippen MR) is 151 cm³/mol. The predicted octanol–water partition coefficient (Wildman–Crippen LogP) is 5.17. The summed E-state index contributed by atoms with van der Waals surface area (Å²) in [6.07, 6.45) is 0.859. The first-order valence-electron chi connectivity index (χ1n) is 14.1. The van der Waals surface area contributed by atoms with Crippen LogP contribution in [-0.2, 0) is 4.79 Å². The van der Waals surface area contributed by atoms with Crippen molar-refractivity contribution in [3.63, 3.8) is 0 Å². The number of piperidine rings is 1. The van der Waals surface area contributed by atoms with Crippen LogP contribution in [0.1, 0.15) is 68.1 Å². The number of nitrogens with one attached hydrogen (secondary N) is 1. The van der Waals surface area contributed by atoms with Crippen LogP contribution in [0.5, 0.6) is 5.75 Å². The molecular formula is C29H40F3N3O4S. The summed E-state index contributed by atoms with van der Waals surface area (Å²) in [5, 5.41) is 23.5. The van der Waals surface area contributed by atoms with Gasteiger partial charge in [0, 0.05) is 25.4 Å². The first-order chi connectivity index (χ1) is 19.0. The number of carbonyl (C=O) groups is 1. The van der Waals surface area contributed by atoms with Crippen molar-refractivity contribution >= 4 is 29.8 Å². The van der Waals surface area contributed by atoms with E-state index in [-0.39, 0.29) is 37.4 Å². The Bertz CT molecular complexity index is 1070. The van der Waals surface area contributed by atoms with E-state index in [1.165, 1.54) is 0 Å². The van der Waals surface area contributed by atoms with E-state index >= 15 is 0 Å². The molecule has 2 heterocycles. The van der Waals surface area contributed by atoms with Crippen LogP contribution in [0.4, 0.5) is 13.2 Å². The fourth-order valence-electron chi connectivity index (χ4n) is 5.84. The number of benzene rings is 1. The maximum absolute atomic E-state index is 13.0. The number of aliphatic imine (C=N–C) groups is 1. The molecule has 2 aliphatic heterocycles. The van der Waals surface area contributed by atoms with Crippen molar-refractivity contribution < 1.29 is 32.9 Å². The standard InChI is InChI=1S/C29H40F3N3O4S/c1-19-15-24(39-18-23(37)17-36)16-20(2)25(19)8-14-40-35-12-10-28(11-13-35)27(38)33-26(34-28)22-5-3-21(4-6-22)7-9-29(30,31)32/h8,14-16,21-23,36-37H,3-7,9-13,17-18H2,1-2H3,(H,33,34,38)/b14-8+. The van der Waals surface area contributed by atoms with Gasteiger partial charge in [0.25, 0.3) is 5.91 Å². The summed E-state index contributed by atoms with van der Waals surface area (Å²) in [6.45, 7) is 5.14. The number of nitrogens with zero attached hydrogens (tertiary/aromatic N) is 2. The Morgan fingerprint density at radius 1 is 1.20 bits per heavy atom. The Labute approximate surface area is 238 Å². The van der Waals surface area contributed by atoms with E-state index in [9.17, 15) is 23.1 Å². The molecule has 0 aromatic heterocycles. The molecule has 1 saturated heterocycles. The number of amides is 1. The van der Waals surface area contributed by atoms with Gasteiger partial charge in [-0.15, -0.1) is 0 Å². The quantitative estimate of drug-likeness (QED) is 0.329. The molecule has 11 heteroatoms. The molecule has 1 aliphatic carbocycles. The van der Waals surface area contributed by atoms with Gasteiger partial charge in [0.15, 0.2) is 0 Å². The minimum absolute atomic E-state index is 0.0346. The minimum Gasteiger partial charge on any atom is -0.491 e. The van der Waals surface area contributed by atoms with Gasteiger partial charge >= 0.3 is 6.18 Å². The number of aryl methyl sites for hydroxylation is 2. The molecule has 3 N–H and O–H groups in total. The number of hydrogen-bond acceptors (Lipinski definition) is 7. The highest BCUT2D eigenvalue weighted by atomic mass is 32.2. The molecule has 0 radical (unpaired) electrons. The number of alkyl halides is 3. The lowest BCUT2D eigenvalue weighted by atomic mass is 9.79. The van der Waals surface area contributed by atoms with Crippen LogP contribution in [0.25, 0.3) is 6.08 Å². The van der Waals surface area contributed by atoms with E-state index in [4.69, 9.17) is 14.8 Å². The number of carbonyl (C=O) groups excluding carboxylic acids is 1.